The van der Waals surface area contributed by atoms with Crippen LogP contribution in [0.4, 0.5) is 10.2 Å². The molecule has 0 aliphatic heterocycles. The van der Waals surface area contributed by atoms with E-state index in [0.717, 1.165) is 18.2 Å². The smallest absolute Gasteiger partial charge is 0.318 e. The van der Waals surface area contributed by atoms with Gasteiger partial charge in [-0.2, -0.15) is 4.98 Å². The number of halogens is 1. The Hall–Kier alpha value is -2.28. The van der Waals surface area contributed by atoms with Crippen LogP contribution in [0.5, 0.6) is 6.01 Å². The van der Waals surface area contributed by atoms with E-state index in [2.05, 4.69) is 20.6 Å². The Balaban J connectivity index is 1.98. The van der Waals surface area contributed by atoms with Crippen LogP contribution in [-0.2, 0) is 6.61 Å². The number of ether oxygens (including phenoxy) is 1. The standard InChI is InChI=1S/C16H19FN4OS/c1-3-8-18-16(23)21-14-13(17)9-19-15(20-14)22-10-12-6-4-11(2)5-7-12/h4-7,9H,3,8,10H2,1-2H3,(H2,18,19,20,21,23). The van der Waals surface area contributed by atoms with Gasteiger partial charge < -0.3 is 15.4 Å². The molecule has 0 amide bonds. The zero-order valence-corrected chi connectivity index (χ0v) is 13.9. The Bertz CT molecular complexity index is 664. The molecule has 0 aliphatic rings. The van der Waals surface area contributed by atoms with E-state index < -0.39 is 5.82 Å². The van der Waals surface area contributed by atoms with Crippen LogP contribution < -0.4 is 15.4 Å². The van der Waals surface area contributed by atoms with Gasteiger partial charge in [0.2, 0.25) is 0 Å². The van der Waals surface area contributed by atoms with E-state index in [-0.39, 0.29) is 11.8 Å². The third-order valence-corrected chi connectivity index (χ3v) is 3.22. The maximum Gasteiger partial charge on any atom is 0.318 e. The van der Waals surface area contributed by atoms with Crippen molar-refractivity contribution in [1.82, 2.24) is 15.3 Å². The Morgan fingerprint density at radius 2 is 2.04 bits per heavy atom. The number of anilines is 1. The lowest BCUT2D eigenvalue weighted by molar-refractivity contribution is 0.280. The normalized spacial score (nSPS) is 10.2. The zero-order valence-electron chi connectivity index (χ0n) is 13.1. The molecule has 0 saturated carbocycles. The molecule has 1 aromatic carbocycles. The number of thiocarbonyl (C=S) groups is 1. The summed E-state index contributed by atoms with van der Waals surface area (Å²) in [4.78, 5) is 7.84. The molecule has 0 bridgehead atoms. The highest BCUT2D eigenvalue weighted by Crippen LogP contribution is 2.14. The second kappa shape index (κ2) is 8.38. The van der Waals surface area contributed by atoms with Gasteiger partial charge >= 0.3 is 6.01 Å². The molecule has 2 aromatic rings. The van der Waals surface area contributed by atoms with Crippen molar-refractivity contribution in [1.29, 1.82) is 0 Å². The predicted octanol–water partition coefficient (Wildman–Crippen LogP) is 3.20. The average Bonchev–Trinajstić information content (AvgIpc) is 2.55. The number of rotatable bonds is 6. The molecule has 5 nitrogen and oxygen atoms in total. The molecule has 1 heterocycles. The van der Waals surface area contributed by atoms with Crippen molar-refractivity contribution >= 4 is 23.1 Å². The fourth-order valence-electron chi connectivity index (χ4n) is 1.73. The molecule has 0 saturated heterocycles. The first-order chi connectivity index (χ1) is 11.1. The van der Waals surface area contributed by atoms with Crippen molar-refractivity contribution in [3.8, 4) is 6.01 Å². The van der Waals surface area contributed by atoms with E-state index >= 15 is 0 Å². The van der Waals surface area contributed by atoms with Gasteiger partial charge in [0.15, 0.2) is 16.7 Å². The molecule has 0 aliphatic carbocycles. The number of benzene rings is 1. The minimum absolute atomic E-state index is 0.00694. The van der Waals surface area contributed by atoms with E-state index in [4.69, 9.17) is 17.0 Å². The largest absolute Gasteiger partial charge is 0.459 e. The number of nitrogens with zero attached hydrogens (tertiary/aromatic N) is 2. The molecule has 0 spiro atoms. The van der Waals surface area contributed by atoms with E-state index in [0.29, 0.717) is 18.3 Å². The first kappa shape index (κ1) is 17.1. The number of aryl methyl sites for hydroxylation is 1. The lowest BCUT2D eigenvalue weighted by Gasteiger charge is -2.11. The highest BCUT2D eigenvalue weighted by Gasteiger charge is 2.09. The van der Waals surface area contributed by atoms with Crippen molar-refractivity contribution < 1.29 is 9.13 Å². The fourth-order valence-corrected chi connectivity index (χ4v) is 1.93. The van der Waals surface area contributed by atoms with Crippen LogP contribution in [0.3, 0.4) is 0 Å². The van der Waals surface area contributed by atoms with Crippen LogP contribution in [0.1, 0.15) is 24.5 Å². The summed E-state index contributed by atoms with van der Waals surface area (Å²) < 4.78 is 19.2. The Labute approximate surface area is 140 Å². The van der Waals surface area contributed by atoms with Crippen LogP contribution in [0, 0.1) is 12.7 Å². The summed E-state index contributed by atoms with van der Waals surface area (Å²) in [6.45, 7) is 5.04. The molecular formula is C16H19FN4OS. The molecular weight excluding hydrogens is 315 g/mol. The highest BCUT2D eigenvalue weighted by atomic mass is 32.1. The van der Waals surface area contributed by atoms with Crippen molar-refractivity contribution in [2.75, 3.05) is 11.9 Å². The molecule has 0 fully saturated rings. The van der Waals surface area contributed by atoms with Gasteiger partial charge in [-0.1, -0.05) is 36.8 Å². The topological polar surface area (TPSA) is 59.1 Å². The molecule has 2 N–H and O–H groups in total. The number of hydrogen-bond donors (Lipinski definition) is 2. The molecule has 2 rings (SSSR count). The van der Waals surface area contributed by atoms with Gasteiger partial charge in [0.1, 0.15) is 6.61 Å². The van der Waals surface area contributed by atoms with Crippen LogP contribution in [0.25, 0.3) is 0 Å². The van der Waals surface area contributed by atoms with Crippen molar-refractivity contribution in [3.63, 3.8) is 0 Å². The lowest BCUT2D eigenvalue weighted by atomic mass is 10.2. The van der Waals surface area contributed by atoms with Gasteiger partial charge in [0.05, 0.1) is 6.20 Å². The summed E-state index contributed by atoms with van der Waals surface area (Å²) in [5.74, 6) is -0.596. The highest BCUT2D eigenvalue weighted by molar-refractivity contribution is 7.80. The molecule has 1 aromatic heterocycles. The fraction of sp³-hybridized carbons (Fsp3) is 0.312. The third-order valence-electron chi connectivity index (χ3n) is 2.98. The maximum atomic E-state index is 13.7. The van der Waals surface area contributed by atoms with Crippen LogP contribution >= 0.6 is 12.2 Å². The van der Waals surface area contributed by atoms with Crippen LogP contribution in [0.15, 0.2) is 30.5 Å². The Kier molecular flexibility index (Phi) is 6.22. The maximum absolute atomic E-state index is 13.7. The lowest BCUT2D eigenvalue weighted by Crippen LogP contribution is -2.29. The van der Waals surface area contributed by atoms with Gasteiger partial charge in [0.25, 0.3) is 0 Å². The summed E-state index contributed by atoms with van der Waals surface area (Å²) in [7, 11) is 0. The second-order valence-electron chi connectivity index (χ2n) is 5.00. The summed E-state index contributed by atoms with van der Waals surface area (Å²) >= 11 is 5.07. The molecule has 122 valence electrons. The second-order valence-corrected chi connectivity index (χ2v) is 5.41. The average molecular weight is 334 g/mol. The van der Waals surface area contributed by atoms with E-state index in [1.807, 2.05) is 38.1 Å². The Morgan fingerprint density at radius 3 is 2.74 bits per heavy atom. The van der Waals surface area contributed by atoms with Crippen LogP contribution in [0.2, 0.25) is 0 Å². The predicted molar refractivity (Wildman–Crippen MR) is 92.0 cm³/mol. The summed E-state index contributed by atoms with van der Waals surface area (Å²) in [6.07, 6.45) is 1.97. The van der Waals surface area contributed by atoms with Gasteiger partial charge in [-0.15, -0.1) is 0 Å². The van der Waals surface area contributed by atoms with Gasteiger partial charge in [-0.25, -0.2) is 9.37 Å². The summed E-state index contributed by atoms with van der Waals surface area (Å²) in [5, 5.41) is 5.96. The minimum atomic E-state index is -0.590. The van der Waals surface area contributed by atoms with Crippen molar-refractivity contribution in [2.24, 2.45) is 0 Å². The van der Waals surface area contributed by atoms with Crippen molar-refractivity contribution in [2.45, 2.75) is 26.9 Å². The Morgan fingerprint density at radius 1 is 1.30 bits per heavy atom. The van der Waals surface area contributed by atoms with Gasteiger partial charge in [0, 0.05) is 6.54 Å². The number of hydrogen-bond acceptors (Lipinski definition) is 4. The first-order valence-electron chi connectivity index (χ1n) is 7.34. The van der Waals surface area contributed by atoms with Gasteiger partial charge in [-0.05, 0) is 31.1 Å². The number of nitrogens with one attached hydrogen (secondary N) is 2. The minimum Gasteiger partial charge on any atom is -0.459 e. The zero-order chi connectivity index (χ0) is 16.7. The SMILES string of the molecule is CCCNC(=S)Nc1nc(OCc2ccc(C)cc2)ncc1F. The summed E-state index contributed by atoms with van der Waals surface area (Å²) in [6, 6.07) is 8.00. The quantitative estimate of drug-likeness (QED) is 0.791. The van der Waals surface area contributed by atoms with E-state index in [1.165, 1.54) is 5.56 Å². The molecule has 23 heavy (non-hydrogen) atoms. The third kappa shape index (κ3) is 5.45. The van der Waals surface area contributed by atoms with E-state index in [1.54, 1.807) is 0 Å². The van der Waals surface area contributed by atoms with Crippen molar-refractivity contribution in [3.05, 3.63) is 47.4 Å². The number of aromatic nitrogens is 2. The van der Waals surface area contributed by atoms with E-state index in [9.17, 15) is 4.39 Å². The first-order valence-corrected chi connectivity index (χ1v) is 7.75. The molecule has 0 radical (unpaired) electrons. The van der Waals surface area contributed by atoms with Crippen LogP contribution in [-0.4, -0.2) is 21.6 Å². The monoisotopic (exact) mass is 334 g/mol. The molecule has 0 atom stereocenters. The molecule has 7 heteroatoms. The van der Waals surface area contributed by atoms with Gasteiger partial charge in [-0.3, -0.25) is 0 Å². The summed E-state index contributed by atoms with van der Waals surface area (Å²) in [5.41, 5.74) is 2.16. The molecule has 0 unspecified atom stereocenters.